The Morgan fingerprint density at radius 1 is 1.22 bits per heavy atom. The van der Waals surface area contributed by atoms with Crippen LogP contribution < -0.4 is 10.6 Å². The van der Waals surface area contributed by atoms with Crippen LogP contribution in [-0.4, -0.2) is 71.5 Å². The van der Waals surface area contributed by atoms with Gasteiger partial charge in [-0.05, 0) is 62.3 Å². The molecule has 5 atom stereocenters. The number of rotatable bonds is 10. The lowest BCUT2D eigenvalue weighted by atomic mass is 9.75. The average molecular weight is 523 g/mol. The molecular formula is C28H38N6O2S. The molecule has 1 saturated carbocycles. The number of thioether (sulfide) groups is 1. The molecule has 3 fully saturated rings. The second kappa shape index (κ2) is 13.2. The average Bonchev–Trinajstić information content (AvgIpc) is 3.24. The number of nitrogens with one attached hydrogen (secondary N) is 2. The lowest BCUT2D eigenvalue weighted by Gasteiger charge is -2.41. The van der Waals surface area contributed by atoms with Crippen molar-refractivity contribution in [3.63, 3.8) is 0 Å². The van der Waals surface area contributed by atoms with Gasteiger partial charge in [-0.3, -0.25) is 9.59 Å². The Morgan fingerprint density at radius 2 is 2.03 bits per heavy atom. The molecule has 1 aliphatic carbocycles. The third-order valence-corrected chi connectivity index (χ3v) is 9.57. The maximum absolute atomic E-state index is 13.0. The summed E-state index contributed by atoms with van der Waals surface area (Å²) < 4.78 is 0. The van der Waals surface area contributed by atoms with Crippen LogP contribution in [0.25, 0.3) is 0 Å². The summed E-state index contributed by atoms with van der Waals surface area (Å²) in [5, 5.41) is 23.3. The topological polar surface area (TPSA) is 112 Å². The summed E-state index contributed by atoms with van der Waals surface area (Å²) in [7, 11) is 0. The number of likely N-dealkylation sites (tertiary alicyclic amines) is 1. The van der Waals surface area contributed by atoms with Gasteiger partial charge in [0.25, 0.3) is 0 Å². The molecule has 2 N–H and O–H groups in total. The smallest absolute Gasteiger partial charge is 0.241 e. The predicted octanol–water partition coefficient (Wildman–Crippen LogP) is 3.22. The minimum Gasteiger partial charge on any atom is -0.383 e. The highest BCUT2D eigenvalue weighted by Gasteiger charge is 2.45. The molecule has 2 aliphatic heterocycles. The molecule has 198 valence electrons. The lowest BCUT2D eigenvalue weighted by molar-refractivity contribution is -0.131. The molecule has 3 unspecified atom stereocenters. The molecule has 9 heteroatoms. The van der Waals surface area contributed by atoms with Crippen molar-refractivity contribution >= 4 is 29.3 Å². The summed E-state index contributed by atoms with van der Waals surface area (Å²) >= 11 is 1.35. The molecule has 0 spiro atoms. The van der Waals surface area contributed by atoms with E-state index >= 15 is 0 Å². The first-order valence-corrected chi connectivity index (χ1v) is 14.5. The molecule has 0 radical (unpaired) electrons. The van der Waals surface area contributed by atoms with Crippen molar-refractivity contribution < 1.29 is 9.59 Å². The Bertz CT molecular complexity index is 1040. The minimum atomic E-state index is -1.02. The van der Waals surface area contributed by atoms with Gasteiger partial charge in [-0.2, -0.15) is 10.5 Å². The highest BCUT2D eigenvalue weighted by Crippen LogP contribution is 2.37. The van der Waals surface area contributed by atoms with Gasteiger partial charge >= 0.3 is 0 Å². The first-order valence-electron chi connectivity index (χ1n) is 13.6. The molecule has 2 saturated heterocycles. The van der Waals surface area contributed by atoms with Crippen molar-refractivity contribution in [2.45, 2.75) is 56.1 Å². The molecular weight excluding hydrogens is 484 g/mol. The maximum atomic E-state index is 13.0. The largest absolute Gasteiger partial charge is 0.383 e. The summed E-state index contributed by atoms with van der Waals surface area (Å²) in [4.78, 5) is 29.7. The summed E-state index contributed by atoms with van der Waals surface area (Å²) in [5.41, 5.74) is 2.26. The van der Waals surface area contributed by atoms with Gasteiger partial charge < -0.3 is 20.4 Å². The number of fused-ring (bicyclic) bond motifs is 1. The van der Waals surface area contributed by atoms with Crippen molar-refractivity contribution in [3.8, 4) is 12.1 Å². The van der Waals surface area contributed by atoms with Gasteiger partial charge in [-0.1, -0.05) is 31.4 Å². The number of benzene rings is 1. The molecule has 8 nitrogen and oxygen atoms in total. The summed E-state index contributed by atoms with van der Waals surface area (Å²) in [6.07, 6.45) is 8.00. The number of hydrogen-bond acceptors (Lipinski definition) is 7. The number of anilines is 1. The number of nitrogens with zero attached hydrogens (tertiary/aromatic N) is 4. The Hall–Kier alpha value is -2.75. The molecule has 4 rings (SSSR count). The van der Waals surface area contributed by atoms with E-state index in [0.717, 1.165) is 30.5 Å². The number of carbonyl (C=O) groups is 2. The zero-order valence-electron chi connectivity index (χ0n) is 21.7. The third kappa shape index (κ3) is 6.77. The Labute approximate surface area is 224 Å². The van der Waals surface area contributed by atoms with Crippen LogP contribution in [0, 0.1) is 40.4 Å². The van der Waals surface area contributed by atoms with Gasteiger partial charge in [-0.15, -0.1) is 11.8 Å². The third-order valence-electron chi connectivity index (χ3n) is 8.07. The van der Waals surface area contributed by atoms with Gasteiger partial charge in [0.1, 0.15) is 17.2 Å². The maximum Gasteiger partial charge on any atom is 0.241 e. The fraction of sp³-hybridized carbons (Fsp3) is 0.643. The van der Waals surface area contributed by atoms with Crippen LogP contribution in [0.3, 0.4) is 0 Å². The van der Waals surface area contributed by atoms with Crippen LogP contribution in [0.15, 0.2) is 24.3 Å². The SMILES string of the molecule is CCN1C(=O)C(CNc2cccc(CCN3CCC4CCCC[C@@H]4C3)c2)SC1[C@H](C#N)C(=O)NCC#N. The van der Waals surface area contributed by atoms with E-state index in [-0.39, 0.29) is 17.7 Å². The quantitative estimate of drug-likeness (QED) is 0.454. The molecule has 37 heavy (non-hydrogen) atoms. The van der Waals surface area contributed by atoms with Gasteiger partial charge in [0.2, 0.25) is 11.8 Å². The molecule has 2 amide bonds. The molecule has 1 aromatic carbocycles. The van der Waals surface area contributed by atoms with E-state index in [1.807, 2.05) is 25.1 Å². The molecule has 0 bridgehead atoms. The van der Waals surface area contributed by atoms with E-state index in [9.17, 15) is 14.9 Å². The van der Waals surface area contributed by atoms with Crippen molar-refractivity contribution in [2.24, 2.45) is 17.8 Å². The predicted molar refractivity (Wildman–Crippen MR) is 145 cm³/mol. The van der Waals surface area contributed by atoms with Crippen LogP contribution >= 0.6 is 11.8 Å². The Balaban J connectivity index is 1.29. The number of amides is 2. The lowest BCUT2D eigenvalue weighted by Crippen LogP contribution is -2.44. The van der Waals surface area contributed by atoms with Crippen molar-refractivity contribution in [1.82, 2.24) is 15.1 Å². The standard InChI is InChI=1S/C28H38N6O2S/c1-2-34-27(36)25(37-28(34)24(17-30)26(35)31-13-12-29)18-32-23-9-5-6-20(16-23)10-14-33-15-11-21-7-3-4-8-22(21)19-33/h5-6,9,16,21-22,24-25,28,32H,2-4,7-8,10-11,13-15,18-19H2,1H3,(H,31,35)/t21?,22-,24-,25?,28?/m1/s1. The second-order valence-electron chi connectivity index (χ2n) is 10.3. The van der Waals surface area contributed by atoms with Crippen LogP contribution in [0.4, 0.5) is 5.69 Å². The van der Waals surface area contributed by atoms with E-state index in [0.29, 0.717) is 13.1 Å². The van der Waals surface area contributed by atoms with E-state index in [4.69, 9.17) is 5.26 Å². The van der Waals surface area contributed by atoms with Crippen LogP contribution in [0.2, 0.25) is 0 Å². The van der Waals surface area contributed by atoms with Crippen LogP contribution in [0.5, 0.6) is 0 Å². The molecule has 1 aromatic rings. The molecule has 2 heterocycles. The normalized spacial score (nSPS) is 26.6. The summed E-state index contributed by atoms with van der Waals surface area (Å²) in [6.45, 7) is 6.08. The van der Waals surface area contributed by atoms with Gasteiger partial charge in [0.15, 0.2) is 5.92 Å². The second-order valence-corrected chi connectivity index (χ2v) is 11.7. The number of carbonyl (C=O) groups excluding carboxylic acids is 2. The monoisotopic (exact) mass is 522 g/mol. The van der Waals surface area contributed by atoms with Crippen molar-refractivity contribution in [1.29, 1.82) is 10.5 Å². The summed E-state index contributed by atoms with van der Waals surface area (Å²) in [6, 6.07) is 12.3. The van der Waals surface area contributed by atoms with E-state index in [2.05, 4.69) is 33.7 Å². The van der Waals surface area contributed by atoms with Crippen molar-refractivity contribution in [3.05, 3.63) is 29.8 Å². The van der Waals surface area contributed by atoms with Gasteiger partial charge in [-0.25, -0.2) is 0 Å². The fourth-order valence-electron chi connectivity index (χ4n) is 6.04. The number of hydrogen-bond donors (Lipinski definition) is 2. The molecule has 3 aliphatic rings. The van der Waals surface area contributed by atoms with Gasteiger partial charge in [0, 0.05) is 31.9 Å². The Kier molecular flexibility index (Phi) is 9.71. The zero-order chi connectivity index (χ0) is 26.2. The number of piperidine rings is 1. The molecule has 0 aromatic heterocycles. The first-order chi connectivity index (χ1) is 18.0. The number of nitriles is 2. The highest BCUT2D eigenvalue weighted by molar-refractivity contribution is 8.01. The Morgan fingerprint density at radius 3 is 2.78 bits per heavy atom. The zero-order valence-corrected chi connectivity index (χ0v) is 22.5. The van der Waals surface area contributed by atoms with E-state index in [1.165, 1.54) is 62.5 Å². The van der Waals surface area contributed by atoms with Gasteiger partial charge in [0.05, 0.1) is 12.1 Å². The summed E-state index contributed by atoms with van der Waals surface area (Å²) in [5.74, 6) is 0.241. The minimum absolute atomic E-state index is 0.0689. The van der Waals surface area contributed by atoms with Crippen LogP contribution in [0.1, 0.15) is 44.6 Å². The van der Waals surface area contributed by atoms with E-state index < -0.39 is 17.2 Å². The highest BCUT2D eigenvalue weighted by atomic mass is 32.2. The fourth-order valence-corrected chi connectivity index (χ4v) is 7.55. The van der Waals surface area contributed by atoms with E-state index in [1.54, 1.807) is 4.90 Å². The first kappa shape index (κ1) is 27.3. The van der Waals surface area contributed by atoms with Crippen molar-refractivity contribution in [2.75, 3.05) is 44.6 Å². The van der Waals surface area contributed by atoms with Crippen LogP contribution in [-0.2, 0) is 16.0 Å².